The van der Waals surface area contributed by atoms with Crippen molar-refractivity contribution in [2.75, 3.05) is 13.1 Å². The average Bonchev–Trinajstić information content (AvgIpc) is 2.46. The van der Waals surface area contributed by atoms with E-state index in [0.29, 0.717) is 0 Å². The highest BCUT2D eigenvalue weighted by molar-refractivity contribution is 8.26. The van der Waals surface area contributed by atoms with E-state index in [9.17, 15) is 0 Å². The first-order valence-electron chi connectivity index (χ1n) is 5.35. The minimum Gasteiger partial charge on any atom is -0.389 e. The van der Waals surface area contributed by atoms with Crippen LogP contribution in [0.25, 0.3) is 0 Å². The molecular weight excluding hydrogens is 210 g/mol. The van der Waals surface area contributed by atoms with Crippen molar-refractivity contribution in [1.82, 2.24) is 5.32 Å². The fourth-order valence-corrected chi connectivity index (χ4v) is 2.39. The molecule has 1 aliphatic heterocycles. The van der Waals surface area contributed by atoms with Crippen LogP contribution >= 0.6 is 11.8 Å². The van der Waals surface area contributed by atoms with Gasteiger partial charge in [-0.15, -0.1) is 0 Å². The fraction of sp³-hybridized carbons (Fsp3) is 0.800. The molecule has 0 bridgehead atoms. The first kappa shape index (κ1) is 12.4. The molecule has 0 aromatic rings. The Morgan fingerprint density at radius 3 is 2.80 bits per heavy atom. The van der Waals surface area contributed by atoms with E-state index in [1.54, 1.807) is 11.8 Å². The van der Waals surface area contributed by atoms with Gasteiger partial charge in [0, 0.05) is 18.2 Å². The maximum absolute atomic E-state index is 5.31. The third kappa shape index (κ3) is 4.11. The smallest absolute Gasteiger partial charge is 0.310 e. The Kier molecular flexibility index (Phi) is 4.45. The van der Waals surface area contributed by atoms with Crippen LogP contribution in [0.5, 0.6) is 0 Å². The molecule has 1 aliphatic rings. The lowest BCUT2D eigenvalue weighted by Crippen LogP contribution is -2.74. The third-order valence-corrected chi connectivity index (χ3v) is 2.81. The summed E-state index contributed by atoms with van der Waals surface area (Å²) in [5, 5.41) is 9.42. The van der Waals surface area contributed by atoms with Gasteiger partial charge >= 0.3 is 5.17 Å². The second kappa shape index (κ2) is 5.39. The van der Waals surface area contributed by atoms with Gasteiger partial charge in [-0.3, -0.25) is 10.3 Å². The van der Waals surface area contributed by atoms with Crippen LogP contribution in [0, 0.1) is 0 Å². The molecule has 0 unspecified atom stereocenters. The van der Waals surface area contributed by atoms with Crippen molar-refractivity contribution in [3.8, 4) is 0 Å². The lowest BCUT2D eigenvalue weighted by Gasteiger charge is -2.12. The number of nitrogens with one attached hydrogen (secondary N) is 2. The maximum Gasteiger partial charge on any atom is 0.310 e. The quantitative estimate of drug-likeness (QED) is 0.530. The van der Waals surface area contributed by atoms with Gasteiger partial charge in [-0.25, -0.2) is 0 Å². The number of rotatable bonds is 2. The fourth-order valence-electron chi connectivity index (χ4n) is 1.23. The van der Waals surface area contributed by atoms with Crippen molar-refractivity contribution in [2.24, 2.45) is 5.16 Å². The van der Waals surface area contributed by atoms with E-state index in [0.717, 1.165) is 29.7 Å². The molecule has 0 radical (unpaired) electrons. The molecule has 0 amide bonds. The van der Waals surface area contributed by atoms with Crippen LogP contribution in [-0.2, 0) is 4.84 Å². The molecule has 1 rings (SSSR count). The van der Waals surface area contributed by atoms with E-state index in [1.807, 2.05) is 13.8 Å². The lowest BCUT2D eigenvalue weighted by atomic mass is 10.1. The molecule has 4 nitrogen and oxygen atoms in total. The molecule has 5 heteroatoms. The predicted octanol–water partition coefficient (Wildman–Crippen LogP) is 0.298. The van der Waals surface area contributed by atoms with Crippen LogP contribution in [0.2, 0.25) is 0 Å². The molecule has 0 aliphatic carbocycles. The van der Waals surface area contributed by atoms with Crippen LogP contribution < -0.4 is 10.3 Å². The summed E-state index contributed by atoms with van der Waals surface area (Å²) < 4.78 is 0. The number of amidine groups is 1. The van der Waals surface area contributed by atoms with Gasteiger partial charge in [0.2, 0.25) is 0 Å². The van der Waals surface area contributed by atoms with Crippen molar-refractivity contribution in [3.63, 3.8) is 0 Å². The molecule has 0 atom stereocenters. The highest BCUT2D eigenvalue weighted by atomic mass is 32.2. The highest BCUT2D eigenvalue weighted by Crippen LogP contribution is 2.26. The molecule has 15 heavy (non-hydrogen) atoms. The molecule has 1 heterocycles. The van der Waals surface area contributed by atoms with Gasteiger partial charge in [0.1, 0.15) is 10.6 Å². The normalized spacial score (nSPS) is 19.7. The van der Waals surface area contributed by atoms with Crippen LogP contribution in [0.3, 0.4) is 0 Å². The zero-order valence-corrected chi connectivity index (χ0v) is 10.7. The van der Waals surface area contributed by atoms with Gasteiger partial charge in [0.15, 0.2) is 0 Å². The summed E-state index contributed by atoms with van der Waals surface area (Å²) in [6, 6.07) is 0. The lowest BCUT2D eigenvalue weighted by molar-refractivity contribution is -0.451. The Balaban J connectivity index is 2.50. The van der Waals surface area contributed by atoms with Crippen LogP contribution in [0.4, 0.5) is 0 Å². The summed E-state index contributed by atoms with van der Waals surface area (Å²) in [6.07, 6.45) is 0.873. The summed E-state index contributed by atoms with van der Waals surface area (Å²) in [5.41, 5.74) is -0.147. The van der Waals surface area contributed by atoms with Crippen molar-refractivity contribution in [1.29, 1.82) is 0 Å². The van der Waals surface area contributed by atoms with E-state index >= 15 is 0 Å². The first-order valence-corrected chi connectivity index (χ1v) is 6.16. The summed E-state index contributed by atoms with van der Waals surface area (Å²) in [4.78, 5) is 8.58. The maximum atomic E-state index is 5.31. The number of hydrogen-bond donors (Lipinski definition) is 2. The molecule has 2 N–H and O–H groups in total. The van der Waals surface area contributed by atoms with E-state index in [-0.39, 0.29) is 5.60 Å². The van der Waals surface area contributed by atoms with E-state index in [4.69, 9.17) is 4.84 Å². The number of hydrogen-bond acceptors (Lipinski definition) is 3. The number of nitrogens with zero attached hydrogens (tertiary/aromatic N) is 1. The van der Waals surface area contributed by atoms with Gasteiger partial charge in [-0.1, -0.05) is 5.16 Å². The van der Waals surface area contributed by atoms with E-state index < -0.39 is 0 Å². The standard InChI is InChI=1S/C10H19N3OS/c1-5-11-9(12-6-2)15-8-7-10(3,4)14-13-8/h5-7H2,1-4H3,(H,11,12)/p+1. The van der Waals surface area contributed by atoms with Gasteiger partial charge in [0.05, 0.1) is 13.1 Å². The molecule has 0 saturated carbocycles. The van der Waals surface area contributed by atoms with Crippen molar-refractivity contribution >= 4 is 22.0 Å². The second-order valence-electron chi connectivity index (χ2n) is 4.00. The summed E-state index contributed by atoms with van der Waals surface area (Å²) in [6.45, 7) is 10.1. The van der Waals surface area contributed by atoms with Gasteiger partial charge in [-0.05, 0) is 27.7 Å². The Hall–Kier alpha value is -0.710. The Bertz CT molecular complexity index is 274. The van der Waals surface area contributed by atoms with Crippen molar-refractivity contribution in [2.45, 2.75) is 39.7 Å². The van der Waals surface area contributed by atoms with E-state index in [2.05, 4.69) is 29.3 Å². The van der Waals surface area contributed by atoms with Gasteiger partial charge in [0.25, 0.3) is 0 Å². The Labute approximate surface area is 95.5 Å². The number of oxime groups is 1. The summed E-state index contributed by atoms with van der Waals surface area (Å²) >= 11 is 1.62. The SMILES string of the molecule is CCNC(=[NH+]CC)SC1=NOC(C)(C)C1. The minimum atomic E-state index is -0.147. The Morgan fingerprint density at radius 2 is 2.33 bits per heavy atom. The molecular formula is C10H20N3OS+. The van der Waals surface area contributed by atoms with Crippen molar-refractivity contribution < 1.29 is 9.83 Å². The summed E-state index contributed by atoms with van der Waals surface area (Å²) in [5.74, 6) is 0. The summed E-state index contributed by atoms with van der Waals surface area (Å²) in [7, 11) is 0. The Morgan fingerprint density at radius 1 is 1.60 bits per heavy atom. The first-order chi connectivity index (χ1) is 7.07. The monoisotopic (exact) mass is 230 g/mol. The zero-order valence-electron chi connectivity index (χ0n) is 9.89. The van der Waals surface area contributed by atoms with E-state index in [1.165, 1.54) is 0 Å². The predicted molar refractivity (Wildman–Crippen MR) is 65.0 cm³/mol. The van der Waals surface area contributed by atoms with Crippen LogP contribution in [0.15, 0.2) is 5.16 Å². The second-order valence-corrected chi connectivity index (χ2v) is 5.09. The average molecular weight is 230 g/mol. The minimum absolute atomic E-state index is 0.147. The van der Waals surface area contributed by atoms with Crippen LogP contribution in [-0.4, -0.2) is 28.9 Å². The zero-order chi connectivity index (χ0) is 11.3. The molecule has 0 aromatic heterocycles. The van der Waals surface area contributed by atoms with Crippen molar-refractivity contribution in [3.05, 3.63) is 0 Å². The van der Waals surface area contributed by atoms with Gasteiger partial charge in [-0.2, -0.15) is 0 Å². The van der Waals surface area contributed by atoms with Gasteiger partial charge < -0.3 is 4.84 Å². The highest BCUT2D eigenvalue weighted by Gasteiger charge is 2.30. The molecule has 0 saturated heterocycles. The molecule has 0 fully saturated rings. The largest absolute Gasteiger partial charge is 0.389 e. The molecule has 0 spiro atoms. The number of thioether (sulfide) groups is 1. The molecule has 0 aromatic carbocycles. The van der Waals surface area contributed by atoms with Crippen LogP contribution in [0.1, 0.15) is 34.1 Å². The topological polar surface area (TPSA) is 47.6 Å². The molecule has 86 valence electrons. The third-order valence-electron chi connectivity index (χ3n) is 1.87.